The Kier molecular flexibility index (Phi) is 4.12. The highest BCUT2D eigenvalue weighted by Gasteiger charge is 2.33. The number of nitrogens with one attached hydrogen (secondary N) is 1. The third kappa shape index (κ3) is 2.71. The summed E-state index contributed by atoms with van der Waals surface area (Å²) in [7, 11) is 0. The topological polar surface area (TPSA) is 58.6 Å². The number of thiol groups is 1. The van der Waals surface area contributed by atoms with Gasteiger partial charge in [-0.2, -0.15) is 0 Å². The summed E-state index contributed by atoms with van der Waals surface area (Å²) in [5, 5.41) is 2.97. The van der Waals surface area contributed by atoms with Crippen LogP contribution in [0, 0.1) is 0 Å². The maximum Gasteiger partial charge on any atom is 0.331 e. The normalized spacial score (nSPS) is 30.6. The predicted octanol–water partition coefficient (Wildman–Crippen LogP) is 0.0279. The van der Waals surface area contributed by atoms with Crippen LogP contribution in [0.3, 0.4) is 0 Å². The maximum absolute atomic E-state index is 11.7. The first-order valence-corrected chi connectivity index (χ1v) is 6.76. The van der Waals surface area contributed by atoms with E-state index in [0.717, 1.165) is 18.8 Å². The van der Waals surface area contributed by atoms with Gasteiger partial charge in [0.1, 0.15) is 12.1 Å². The van der Waals surface area contributed by atoms with Crippen LogP contribution in [0.2, 0.25) is 0 Å². The van der Waals surface area contributed by atoms with Gasteiger partial charge in [0.15, 0.2) is 0 Å². The first-order valence-electron chi connectivity index (χ1n) is 5.20. The molecule has 2 rings (SSSR count). The molecule has 0 bridgehead atoms. The first kappa shape index (κ1) is 12.2. The van der Waals surface area contributed by atoms with Crippen LogP contribution in [0.4, 0.5) is 0 Å². The lowest BCUT2D eigenvalue weighted by Gasteiger charge is -2.16. The third-order valence-corrected chi connectivity index (χ3v) is 4.12. The van der Waals surface area contributed by atoms with Gasteiger partial charge in [-0.25, -0.2) is 13.9 Å². The number of esters is 2. The Labute approximate surface area is 104 Å². The number of hydrogen-bond acceptors (Lipinski definition) is 7. The largest absolute Gasteiger partial charge is 0.391 e. The summed E-state index contributed by atoms with van der Waals surface area (Å²) in [6.07, 6.45) is 1.62. The summed E-state index contributed by atoms with van der Waals surface area (Å²) in [5.74, 6) is 0.456. The van der Waals surface area contributed by atoms with Crippen molar-refractivity contribution in [2.45, 2.75) is 24.9 Å². The molecular weight excluding hydrogens is 248 g/mol. The van der Waals surface area contributed by atoms with Crippen LogP contribution in [0.5, 0.6) is 0 Å². The zero-order valence-electron chi connectivity index (χ0n) is 8.72. The van der Waals surface area contributed by atoms with E-state index < -0.39 is 11.9 Å². The SMILES string of the molecule is O=C(OC(=O)[C@@H]1CCCN1S)C1CSCN1. The van der Waals surface area contributed by atoms with Crippen LogP contribution in [0.1, 0.15) is 12.8 Å². The Bertz CT molecular complexity index is 294. The van der Waals surface area contributed by atoms with Crippen molar-refractivity contribution in [3.8, 4) is 0 Å². The van der Waals surface area contributed by atoms with Gasteiger partial charge in [0, 0.05) is 18.2 Å². The van der Waals surface area contributed by atoms with Crippen molar-refractivity contribution in [3.63, 3.8) is 0 Å². The molecular formula is C9H14N2O3S2. The lowest BCUT2D eigenvalue weighted by Crippen LogP contribution is -2.40. The Balaban J connectivity index is 1.84. The molecule has 2 aliphatic rings. The zero-order chi connectivity index (χ0) is 11.5. The lowest BCUT2D eigenvalue weighted by molar-refractivity contribution is -0.162. The van der Waals surface area contributed by atoms with Crippen LogP contribution < -0.4 is 5.32 Å². The molecule has 0 radical (unpaired) electrons. The van der Waals surface area contributed by atoms with Gasteiger partial charge in [0.25, 0.3) is 0 Å². The minimum atomic E-state index is -0.476. The number of nitrogens with zero attached hydrogens (tertiary/aromatic N) is 1. The smallest absolute Gasteiger partial charge is 0.331 e. The molecule has 0 aromatic carbocycles. The van der Waals surface area contributed by atoms with E-state index >= 15 is 0 Å². The van der Waals surface area contributed by atoms with Crippen molar-refractivity contribution in [2.75, 3.05) is 18.2 Å². The van der Waals surface area contributed by atoms with Crippen LogP contribution >= 0.6 is 24.6 Å². The molecule has 0 aromatic heterocycles. The minimum absolute atomic E-state index is 0.344. The Morgan fingerprint density at radius 2 is 2.25 bits per heavy atom. The second-order valence-electron chi connectivity index (χ2n) is 3.83. The molecule has 0 aromatic rings. The van der Waals surface area contributed by atoms with Crippen LogP contribution in [0.25, 0.3) is 0 Å². The van der Waals surface area contributed by atoms with Gasteiger partial charge < -0.3 is 4.74 Å². The quantitative estimate of drug-likeness (QED) is 0.416. The molecule has 2 atom stereocenters. The van der Waals surface area contributed by atoms with Crippen LogP contribution in [-0.2, 0) is 14.3 Å². The molecule has 0 saturated carbocycles. The molecule has 2 saturated heterocycles. The van der Waals surface area contributed by atoms with Crippen LogP contribution in [0.15, 0.2) is 0 Å². The standard InChI is InChI=1S/C9H14N2O3S2/c12-8(6-4-16-5-10-6)14-9(13)7-2-1-3-11(7)15/h6-7,10,15H,1-5H2/t6?,7-/m0/s1. The van der Waals surface area contributed by atoms with E-state index in [1.165, 1.54) is 0 Å². The molecule has 7 heteroatoms. The van der Waals surface area contributed by atoms with E-state index in [1.807, 2.05) is 0 Å². The van der Waals surface area contributed by atoms with Gasteiger partial charge in [0.2, 0.25) is 0 Å². The number of rotatable bonds is 2. The minimum Gasteiger partial charge on any atom is -0.391 e. The number of thioether (sulfide) groups is 1. The molecule has 2 heterocycles. The Morgan fingerprint density at radius 3 is 2.81 bits per heavy atom. The summed E-state index contributed by atoms with van der Waals surface area (Å²) >= 11 is 5.78. The summed E-state index contributed by atoms with van der Waals surface area (Å²) in [6.45, 7) is 0.759. The van der Waals surface area contributed by atoms with E-state index in [0.29, 0.717) is 12.2 Å². The molecule has 2 aliphatic heterocycles. The van der Waals surface area contributed by atoms with Crippen molar-refractivity contribution in [3.05, 3.63) is 0 Å². The van der Waals surface area contributed by atoms with E-state index in [-0.39, 0.29) is 12.1 Å². The summed E-state index contributed by atoms with van der Waals surface area (Å²) in [6, 6.07) is -0.718. The molecule has 0 aliphatic carbocycles. The highest BCUT2D eigenvalue weighted by molar-refractivity contribution is 7.99. The number of hydrogen-bond donors (Lipinski definition) is 2. The lowest BCUT2D eigenvalue weighted by atomic mass is 10.2. The molecule has 90 valence electrons. The van der Waals surface area contributed by atoms with Crippen LogP contribution in [-0.4, -0.2) is 46.5 Å². The van der Waals surface area contributed by atoms with E-state index in [9.17, 15) is 9.59 Å². The maximum atomic E-state index is 11.7. The fraction of sp³-hybridized carbons (Fsp3) is 0.778. The fourth-order valence-corrected chi connectivity index (χ4v) is 3.05. The van der Waals surface area contributed by atoms with Gasteiger partial charge >= 0.3 is 11.9 Å². The number of ether oxygens (including phenoxy) is 1. The summed E-state index contributed by atoms with van der Waals surface area (Å²) in [4.78, 5) is 23.2. The van der Waals surface area contributed by atoms with Crippen molar-refractivity contribution in [1.82, 2.24) is 9.62 Å². The molecule has 0 spiro atoms. The Morgan fingerprint density at radius 1 is 1.44 bits per heavy atom. The zero-order valence-corrected chi connectivity index (χ0v) is 10.4. The highest BCUT2D eigenvalue weighted by Crippen LogP contribution is 2.20. The predicted molar refractivity (Wildman–Crippen MR) is 64.1 cm³/mol. The average molecular weight is 262 g/mol. The monoisotopic (exact) mass is 262 g/mol. The average Bonchev–Trinajstić information content (AvgIpc) is 2.86. The van der Waals surface area contributed by atoms with E-state index in [4.69, 9.17) is 4.74 Å². The molecule has 1 unspecified atom stereocenters. The van der Waals surface area contributed by atoms with Gasteiger partial charge in [-0.05, 0) is 12.8 Å². The number of carbonyl (C=O) groups excluding carboxylic acids is 2. The molecule has 0 amide bonds. The van der Waals surface area contributed by atoms with Gasteiger partial charge in [0.05, 0.1) is 0 Å². The first-order chi connectivity index (χ1) is 7.68. The van der Waals surface area contributed by atoms with Crippen molar-refractivity contribution in [1.29, 1.82) is 0 Å². The summed E-state index contributed by atoms with van der Waals surface area (Å²) < 4.78 is 6.48. The highest BCUT2D eigenvalue weighted by atomic mass is 32.2. The molecule has 16 heavy (non-hydrogen) atoms. The van der Waals surface area contributed by atoms with E-state index in [2.05, 4.69) is 18.1 Å². The molecule has 1 N–H and O–H groups in total. The summed E-state index contributed by atoms with van der Waals surface area (Å²) in [5.41, 5.74) is 0. The van der Waals surface area contributed by atoms with Gasteiger partial charge in [-0.1, -0.05) is 12.8 Å². The molecule has 5 nitrogen and oxygen atoms in total. The molecule has 2 fully saturated rings. The van der Waals surface area contributed by atoms with Crippen molar-refractivity contribution in [2.24, 2.45) is 0 Å². The van der Waals surface area contributed by atoms with Crippen molar-refractivity contribution < 1.29 is 14.3 Å². The van der Waals surface area contributed by atoms with Gasteiger partial charge in [-0.3, -0.25) is 5.32 Å². The number of carbonyl (C=O) groups is 2. The fourth-order valence-electron chi connectivity index (χ4n) is 1.78. The van der Waals surface area contributed by atoms with Crippen molar-refractivity contribution >= 4 is 36.5 Å². The van der Waals surface area contributed by atoms with Gasteiger partial charge in [-0.15, -0.1) is 11.8 Å². The second kappa shape index (κ2) is 5.39. The Hall–Kier alpha value is -0.240. The third-order valence-electron chi connectivity index (χ3n) is 2.70. The second-order valence-corrected chi connectivity index (χ2v) is 5.38. The van der Waals surface area contributed by atoms with E-state index in [1.54, 1.807) is 16.1 Å².